The van der Waals surface area contributed by atoms with Gasteiger partial charge in [0.25, 0.3) is 0 Å². The van der Waals surface area contributed by atoms with Crippen LogP contribution in [0.1, 0.15) is 6.92 Å². The number of carbonyl (C=O) groups is 1. The third-order valence-corrected chi connectivity index (χ3v) is 3.95. The van der Waals surface area contributed by atoms with Crippen LogP contribution in [0.5, 0.6) is 0 Å². The Bertz CT molecular complexity index is 502. The maximum absolute atomic E-state index is 12.3. The van der Waals surface area contributed by atoms with Crippen LogP contribution < -0.4 is 15.5 Å². The second-order valence-electron chi connectivity index (χ2n) is 5.50. The van der Waals surface area contributed by atoms with E-state index in [2.05, 4.69) is 20.5 Å². The van der Waals surface area contributed by atoms with Gasteiger partial charge in [-0.05, 0) is 19.1 Å². The summed E-state index contributed by atoms with van der Waals surface area (Å²) in [4.78, 5) is 18.9. The predicted octanol–water partition coefficient (Wildman–Crippen LogP) is 0.234. The van der Waals surface area contributed by atoms with Crippen molar-refractivity contribution >= 4 is 17.4 Å². The molecule has 3 heterocycles. The average Bonchev–Trinajstić information content (AvgIpc) is 2.57. The lowest BCUT2D eigenvalue weighted by Crippen LogP contribution is -2.53. The Labute approximate surface area is 130 Å². The average molecular weight is 306 g/mol. The highest BCUT2D eigenvalue weighted by Gasteiger charge is 2.28. The first kappa shape index (κ1) is 15.2. The molecule has 3 rings (SSSR count). The molecule has 120 valence electrons. The number of pyridine rings is 1. The van der Waals surface area contributed by atoms with Crippen molar-refractivity contribution in [3.05, 3.63) is 18.3 Å². The number of carbonyl (C=O) groups excluding carboxylic acids is 1. The SMILES string of the molecule is C[C@H]1OCCN[C@@H]1C(=O)Nc1ccc(N2CCOCC2)nc1. The van der Waals surface area contributed by atoms with Gasteiger partial charge < -0.3 is 25.0 Å². The monoisotopic (exact) mass is 306 g/mol. The first-order chi connectivity index (χ1) is 10.7. The highest BCUT2D eigenvalue weighted by Crippen LogP contribution is 2.16. The van der Waals surface area contributed by atoms with E-state index in [0.29, 0.717) is 18.8 Å². The molecule has 2 fully saturated rings. The Kier molecular flexibility index (Phi) is 4.87. The number of ether oxygens (including phenoxy) is 2. The summed E-state index contributed by atoms with van der Waals surface area (Å²) in [6.45, 7) is 6.38. The molecule has 2 aliphatic rings. The number of aromatic nitrogens is 1. The molecule has 1 aromatic rings. The fourth-order valence-corrected chi connectivity index (χ4v) is 2.69. The number of rotatable bonds is 3. The van der Waals surface area contributed by atoms with Gasteiger partial charge in [0, 0.05) is 19.6 Å². The molecule has 2 saturated heterocycles. The zero-order valence-electron chi connectivity index (χ0n) is 12.7. The van der Waals surface area contributed by atoms with Gasteiger partial charge in [-0.15, -0.1) is 0 Å². The summed E-state index contributed by atoms with van der Waals surface area (Å²) in [6.07, 6.45) is 1.56. The Morgan fingerprint density at radius 1 is 1.36 bits per heavy atom. The van der Waals surface area contributed by atoms with Gasteiger partial charge >= 0.3 is 0 Å². The first-order valence-electron chi connectivity index (χ1n) is 7.68. The van der Waals surface area contributed by atoms with Crippen molar-refractivity contribution in [3.8, 4) is 0 Å². The van der Waals surface area contributed by atoms with E-state index in [9.17, 15) is 4.79 Å². The number of amides is 1. The molecule has 0 aliphatic carbocycles. The molecule has 0 unspecified atom stereocenters. The quantitative estimate of drug-likeness (QED) is 0.833. The minimum absolute atomic E-state index is 0.0897. The Morgan fingerprint density at radius 3 is 2.86 bits per heavy atom. The van der Waals surface area contributed by atoms with Crippen LogP contribution in [-0.4, -0.2) is 62.5 Å². The molecule has 2 N–H and O–H groups in total. The molecule has 1 amide bonds. The van der Waals surface area contributed by atoms with Crippen LogP contribution in [0.2, 0.25) is 0 Å². The minimum atomic E-state index is -0.326. The molecular formula is C15H22N4O3. The van der Waals surface area contributed by atoms with Gasteiger partial charge in [0.05, 0.1) is 37.8 Å². The second-order valence-corrected chi connectivity index (χ2v) is 5.50. The molecule has 0 aromatic carbocycles. The van der Waals surface area contributed by atoms with Crippen molar-refractivity contribution in [2.75, 3.05) is 49.7 Å². The smallest absolute Gasteiger partial charge is 0.244 e. The molecule has 2 atom stereocenters. The summed E-state index contributed by atoms with van der Waals surface area (Å²) in [7, 11) is 0. The van der Waals surface area contributed by atoms with E-state index in [1.54, 1.807) is 6.20 Å². The normalized spacial score (nSPS) is 25.8. The molecule has 1 aromatic heterocycles. The van der Waals surface area contributed by atoms with Gasteiger partial charge in [-0.3, -0.25) is 4.79 Å². The molecular weight excluding hydrogens is 284 g/mol. The third kappa shape index (κ3) is 3.55. The van der Waals surface area contributed by atoms with Crippen LogP contribution in [0.4, 0.5) is 11.5 Å². The summed E-state index contributed by atoms with van der Waals surface area (Å²) >= 11 is 0. The summed E-state index contributed by atoms with van der Waals surface area (Å²) in [5.41, 5.74) is 0.696. The zero-order valence-corrected chi connectivity index (χ0v) is 12.7. The minimum Gasteiger partial charge on any atom is -0.378 e. The molecule has 7 heteroatoms. The second kappa shape index (κ2) is 7.04. The maximum Gasteiger partial charge on any atom is 0.244 e. The van der Waals surface area contributed by atoms with Crippen LogP contribution in [0.3, 0.4) is 0 Å². The van der Waals surface area contributed by atoms with Gasteiger partial charge in [-0.1, -0.05) is 0 Å². The predicted molar refractivity (Wildman–Crippen MR) is 83.1 cm³/mol. The van der Waals surface area contributed by atoms with E-state index >= 15 is 0 Å². The van der Waals surface area contributed by atoms with Crippen LogP contribution in [0.15, 0.2) is 18.3 Å². The zero-order chi connectivity index (χ0) is 15.4. The van der Waals surface area contributed by atoms with Crippen LogP contribution in [-0.2, 0) is 14.3 Å². The van der Waals surface area contributed by atoms with Gasteiger partial charge in [0.1, 0.15) is 11.9 Å². The number of hydrogen-bond acceptors (Lipinski definition) is 6. The van der Waals surface area contributed by atoms with Crippen molar-refractivity contribution in [3.63, 3.8) is 0 Å². The molecule has 0 spiro atoms. The molecule has 0 radical (unpaired) electrons. The van der Waals surface area contributed by atoms with Crippen molar-refractivity contribution < 1.29 is 14.3 Å². The fraction of sp³-hybridized carbons (Fsp3) is 0.600. The number of anilines is 2. The lowest BCUT2D eigenvalue weighted by Gasteiger charge is -2.29. The number of nitrogens with one attached hydrogen (secondary N) is 2. The highest BCUT2D eigenvalue weighted by atomic mass is 16.5. The Morgan fingerprint density at radius 2 is 2.18 bits per heavy atom. The third-order valence-electron chi connectivity index (χ3n) is 3.95. The number of hydrogen-bond donors (Lipinski definition) is 2. The van der Waals surface area contributed by atoms with Crippen LogP contribution in [0.25, 0.3) is 0 Å². The van der Waals surface area contributed by atoms with E-state index in [1.165, 1.54) is 0 Å². The first-order valence-corrected chi connectivity index (χ1v) is 7.68. The van der Waals surface area contributed by atoms with E-state index in [1.807, 2.05) is 19.1 Å². The molecule has 0 bridgehead atoms. The lowest BCUT2D eigenvalue weighted by atomic mass is 10.1. The largest absolute Gasteiger partial charge is 0.378 e. The maximum atomic E-state index is 12.3. The molecule has 2 aliphatic heterocycles. The summed E-state index contributed by atoms with van der Waals surface area (Å²) in [6, 6.07) is 3.48. The van der Waals surface area contributed by atoms with Crippen molar-refractivity contribution in [1.29, 1.82) is 0 Å². The van der Waals surface area contributed by atoms with E-state index in [0.717, 1.165) is 32.1 Å². The summed E-state index contributed by atoms with van der Waals surface area (Å²) < 4.78 is 10.8. The van der Waals surface area contributed by atoms with Crippen molar-refractivity contribution in [2.24, 2.45) is 0 Å². The van der Waals surface area contributed by atoms with Crippen molar-refractivity contribution in [1.82, 2.24) is 10.3 Å². The van der Waals surface area contributed by atoms with Crippen LogP contribution in [0, 0.1) is 0 Å². The van der Waals surface area contributed by atoms with Crippen LogP contribution >= 0.6 is 0 Å². The number of nitrogens with zero attached hydrogens (tertiary/aromatic N) is 2. The standard InChI is InChI=1S/C15H22N4O3/c1-11-14(16-4-7-22-11)15(20)18-12-2-3-13(17-10-12)19-5-8-21-9-6-19/h2-3,10-11,14,16H,4-9H2,1H3,(H,18,20)/t11-,14+/m1/s1. The molecule has 7 nitrogen and oxygen atoms in total. The lowest BCUT2D eigenvalue weighted by molar-refractivity contribution is -0.123. The van der Waals surface area contributed by atoms with Gasteiger partial charge in [-0.2, -0.15) is 0 Å². The van der Waals surface area contributed by atoms with Gasteiger partial charge in [0.2, 0.25) is 5.91 Å². The van der Waals surface area contributed by atoms with E-state index in [4.69, 9.17) is 9.47 Å². The summed E-state index contributed by atoms with van der Waals surface area (Å²) in [5.74, 6) is 0.821. The van der Waals surface area contributed by atoms with Crippen molar-refractivity contribution in [2.45, 2.75) is 19.1 Å². The van der Waals surface area contributed by atoms with E-state index < -0.39 is 0 Å². The Hall–Kier alpha value is -1.70. The molecule has 22 heavy (non-hydrogen) atoms. The van der Waals surface area contributed by atoms with Gasteiger partial charge in [-0.25, -0.2) is 4.98 Å². The molecule has 0 saturated carbocycles. The topological polar surface area (TPSA) is 75.7 Å². The van der Waals surface area contributed by atoms with Gasteiger partial charge in [0.15, 0.2) is 0 Å². The highest BCUT2D eigenvalue weighted by molar-refractivity contribution is 5.95. The van der Waals surface area contributed by atoms with E-state index in [-0.39, 0.29) is 18.1 Å². The Balaban J connectivity index is 1.59. The summed E-state index contributed by atoms with van der Waals surface area (Å²) in [5, 5.41) is 6.06. The number of morpholine rings is 2. The fourth-order valence-electron chi connectivity index (χ4n) is 2.69.